The van der Waals surface area contributed by atoms with Crippen LogP contribution < -0.4 is 0 Å². The van der Waals surface area contributed by atoms with Gasteiger partial charge in [0.05, 0.1) is 0 Å². The maximum absolute atomic E-state index is 10.9. The van der Waals surface area contributed by atoms with Crippen LogP contribution in [0.5, 0.6) is 0 Å². The van der Waals surface area contributed by atoms with Crippen LogP contribution in [0.1, 0.15) is 30.8 Å². The standard InChI is InChI=1S/C13H15IO2/c1-2-11(15)5-3-6-12-8-9-13(16-12)7-4-10-14/h1,8-9H,3-7,10H2. The Bertz CT molecular complexity index is 374. The SMILES string of the molecule is C#CC(=O)CCCc1ccc(CCCI)o1. The minimum atomic E-state index is -0.128. The Morgan fingerprint density at radius 1 is 1.31 bits per heavy atom. The molecule has 0 saturated carbocycles. The summed E-state index contributed by atoms with van der Waals surface area (Å²) in [6.45, 7) is 0. The van der Waals surface area contributed by atoms with E-state index in [-0.39, 0.29) is 5.78 Å². The number of hydrogen-bond donors (Lipinski definition) is 0. The summed E-state index contributed by atoms with van der Waals surface area (Å²) in [5.41, 5.74) is 0. The molecule has 0 aliphatic heterocycles. The maximum Gasteiger partial charge on any atom is 0.205 e. The highest BCUT2D eigenvalue weighted by molar-refractivity contribution is 14.1. The number of hydrogen-bond acceptors (Lipinski definition) is 2. The zero-order valence-corrected chi connectivity index (χ0v) is 11.3. The predicted octanol–water partition coefficient (Wildman–Crippen LogP) is 3.17. The molecule has 0 amide bonds. The number of carbonyl (C=O) groups excluding carboxylic acids is 1. The van der Waals surface area contributed by atoms with Gasteiger partial charge in [-0.2, -0.15) is 0 Å². The molecule has 0 atom stereocenters. The van der Waals surface area contributed by atoms with Crippen LogP contribution >= 0.6 is 22.6 Å². The van der Waals surface area contributed by atoms with E-state index in [1.54, 1.807) is 0 Å². The second-order valence-corrected chi connectivity index (χ2v) is 4.66. The Labute approximate surface area is 110 Å². The number of halogens is 1. The smallest absolute Gasteiger partial charge is 0.205 e. The fourth-order valence-corrected chi connectivity index (χ4v) is 1.81. The molecule has 1 aromatic rings. The molecule has 1 aromatic heterocycles. The molecule has 0 saturated heterocycles. The first kappa shape index (κ1) is 13.3. The average molecular weight is 330 g/mol. The molecule has 1 rings (SSSR count). The molecule has 0 aliphatic carbocycles. The van der Waals surface area contributed by atoms with Crippen LogP contribution in [0.25, 0.3) is 0 Å². The molecule has 16 heavy (non-hydrogen) atoms. The van der Waals surface area contributed by atoms with Crippen LogP contribution in [0, 0.1) is 12.3 Å². The summed E-state index contributed by atoms with van der Waals surface area (Å²) >= 11 is 2.36. The molecule has 0 fully saturated rings. The highest BCUT2D eigenvalue weighted by Crippen LogP contribution is 2.13. The molecule has 0 radical (unpaired) electrons. The van der Waals surface area contributed by atoms with Crippen LogP contribution in [0.3, 0.4) is 0 Å². The van der Waals surface area contributed by atoms with Gasteiger partial charge in [-0.25, -0.2) is 0 Å². The van der Waals surface area contributed by atoms with Gasteiger partial charge >= 0.3 is 0 Å². The summed E-state index contributed by atoms with van der Waals surface area (Å²) in [6.07, 6.45) is 9.12. The molecular weight excluding hydrogens is 315 g/mol. The first-order valence-corrected chi connectivity index (χ1v) is 6.92. The average Bonchev–Trinajstić information content (AvgIpc) is 2.74. The normalized spacial score (nSPS) is 10.0. The topological polar surface area (TPSA) is 30.2 Å². The first-order chi connectivity index (χ1) is 7.76. The second kappa shape index (κ2) is 7.50. The molecule has 0 aromatic carbocycles. The van der Waals surface area contributed by atoms with Crippen LogP contribution in [-0.2, 0) is 17.6 Å². The van der Waals surface area contributed by atoms with Gasteiger partial charge in [0.15, 0.2) is 0 Å². The van der Waals surface area contributed by atoms with Crippen molar-refractivity contribution in [2.24, 2.45) is 0 Å². The minimum absolute atomic E-state index is 0.128. The van der Waals surface area contributed by atoms with Gasteiger partial charge in [0.25, 0.3) is 0 Å². The lowest BCUT2D eigenvalue weighted by atomic mass is 10.1. The predicted molar refractivity (Wildman–Crippen MR) is 72.7 cm³/mol. The molecule has 0 aliphatic rings. The molecule has 3 heteroatoms. The van der Waals surface area contributed by atoms with Gasteiger partial charge in [-0.05, 0) is 35.3 Å². The molecule has 0 spiro atoms. The highest BCUT2D eigenvalue weighted by Gasteiger charge is 2.03. The van der Waals surface area contributed by atoms with E-state index in [9.17, 15) is 4.79 Å². The van der Waals surface area contributed by atoms with Crippen molar-refractivity contribution in [3.63, 3.8) is 0 Å². The van der Waals surface area contributed by atoms with E-state index >= 15 is 0 Å². The summed E-state index contributed by atoms with van der Waals surface area (Å²) < 4.78 is 6.78. The van der Waals surface area contributed by atoms with Crippen molar-refractivity contribution in [1.29, 1.82) is 0 Å². The summed E-state index contributed by atoms with van der Waals surface area (Å²) in [6, 6.07) is 4.01. The lowest BCUT2D eigenvalue weighted by Gasteiger charge is -1.96. The van der Waals surface area contributed by atoms with Gasteiger partial charge in [-0.1, -0.05) is 22.6 Å². The number of carbonyl (C=O) groups is 1. The number of furan rings is 1. The molecule has 86 valence electrons. The molecule has 1 heterocycles. The van der Waals surface area contributed by atoms with Crippen LogP contribution in [0.15, 0.2) is 16.5 Å². The minimum Gasteiger partial charge on any atom is -0.466 e. The summed E-state index contributed by atoms with van der Waals surface area (Å²) in [4.78, 5) is 10.9. The van der Waals surface area contributed by atoms with Crippen molar-refractivity contribution in [3.05, 3.63) is 23.7 Å². The van der Waals surface area contributed by atoms with E-state index in [2.05, 4.69) is 28.5 Å². The van der Waals surface area contributed by atoms with E-state index in [1.165, 1.54) is 0 Å². The monoisotopic (exact) mass is 330 g/mol. The molecule has 0 bridgehead atoms. The summed E-state index contributed by atoms with van der Waals surface area (Å²) in [5.74, 6) is 3.98. The Kier molecular flexibility index (Phi) is 6.24. The molecule has 2 nitrogen and oxygen atoms in total. The van der Waals surface area contributed by atoms with E-state index in [4.69, 9.17) is 10.8 Å². The maximum atomic E-state index is 10.9. The largest absolute Gasteiger partial charge is 0.466 e. The van der Waals surface area contributed by atoms with Gasteiger partial charge in [0.2, 0.25) is 5.78 Å². The highest BCUT2D eigenvalue weighted by atomic mass is 127. The molecule has 0 unspecified atom stereocenters. The zero-order chi connectivity index (χ0) is 11.8. The van der Waals surface area contributed by atoms with Crippen molar-refractivity contribution < 1.29 is 9.21 Å². The second-order valence-electron chi connectivity index (χ2n) is 3.58. The molecule has 0 N–H and O–H groups in total. The third-order valence-electron chi connectivity index (χ3n) is 2.26. The van der Waals surface area contributed by atoms with Gasteiger partial charge in [0, 0.05) is 19.3 Å². The van der Waals surface area contributed by atoms with Crippen molar-refractivity contribution >= 4 is 28.4 Å². The first-order valence-electron chi connectivity index (χ1n) is 5.39. The Hall–Kier alpha value is -0.760. The number of alkyl halides is 1. The number of Topliss-reactive ketones (excluding diaryl/α,β-unsaturated/α-hetero) is 1. The zero-order valence-electron chi connectivity index (χ0n) is 9.17. The van der Waals surface area contributed by atoms with Crippen molar-refractivity contribution in [2.75, 3.05) is 4.43 Å². The van der Waals surface area contributed by atoms with Gasteiger partial charge in [-0.15, -0.1) is 6.42 Å². The number of ketones is 1. The third kappa shape index (κ3) is 4.84. The Balaban J connectivity index is 2.29. The van der Waals surface area contributed by atoms with Crippen molar-refractivity contribution in [2.45, 2.75) is 32.1 Å². The quantitative estimate of drug-likeness (QED) is 0.333. The van der Waals surface area contributed by atoms with Crippen molar-refractivity contribution in [3.8, 4) is 12.3 Å². The van der Waals surface area contributed by atoms with Gasteiger partial charge in [-0.3, -0.25) is 4.79 Å². The van der Waals surface area contributed by atoms with Gasteiger partial charge in [0.1, 0.15) is 11.5 Å². The number of aryl methyl sites for hydroxylation is 2. The fraction of sp³-hybridized carbons (Fsp3) is 0.462. The van der Waals surface area contributed by atoms with Gasteiger partial charge < -0.3 is 4.42 Å². The van der Waals surface area contributed by atoms with Crippen molar-refractivity contribution in [1.82, 2.24) is 0 Å². The van der Waals surface area contributed by atoms with E-state index < -0.39 is 0 Å². The summed E-state index contributed by atoms with van der Waals surface area (Å²) in [5, 5.41) is 0. The van der Waals surface area contributed by atoms with Crippen LogP contribution in [0.4, 0.5) is 0 Å². The fourth-order valence-electron chi connectivity index (χ4n) is 1.43. The number of rotatable bonds is 7. The van der Waals surface area contributed by atoms with Crippen LogP contribution in [-0.4, -0.2) is 10.2 Å². The molecular formula is C13H15IO2. The number of terminal acetylenes is 1. The Morgan fingerprint density at radius 3 is 2.50 bits per heavy atom. The lowest BCUT2D eigenvalue weighted by Crippen LogP contribution is -1.93. The summed E-state index contributed by atoms with van der Waals surface area (Å²) in [7, 11) is 0. The van der Waals surface area contributed by atoms with E-state index in [0.29, 0.717) is 6.42 Å². The lowest BCUT2D eigenvalue weighted by molar-refractivity contribution is -0.113. The van der Waals surface area contributed by atoms with E-state index in [0.717, 1.165) is 41.6 Å². The van der Waals surface area contributed by atoms with Crippen LogP contribution in [0.2, 0.25) is 0 Å². The Morgan fingerprint density at radius 2 is 1.94 bits per heavy atom. The third-order valence-corrected chi connectivity index (χ3v) is 3.02. The van der Waals surface area contributed by atoms with E-state index in [1.807, 2.05) is 12.1 Å².